The molecule has 0 aliphatic carbocycles. The summed E-state index contributed by atoms with van der Waals surface area (Å²) >= 11 is 0. The lowest BCUT2D eigenvalue weighted by molar-refractivity contribution is -0.124. The van der Waals surface area contributed by atoms with Gasteiger partial charge in [-0.05, 0) is 36.4 Å². The molecule has 7 heteroatoms. The first-order valence-corrected chi connectivity index (χ1v) is 9.21. The van der Waals surface area contributed by atoms with Gasteiger partial charge in [0.2, 0.25) is 11.8 Å². The Balaban J connectivity index is 1.75. The van der Waals surface area contributed by atoms with Crippen LogP contribution in [-0.2, 0) is 22.6 Å². The third kappa shape index (κ3) is 4.73. The summed E-state index contributed by atoms with van der Waals surface area (Å²) < 4.78 is 14.9. The van der Waals surface area contributed by atoms with Crippen LogP contribution in [0.15, 0.2) is 48.5 Å². The molecule has 28 heavy (non-hydrogen) atoms. The Bertz CT molecular complexity index is 980. The van der Waals surface area contributed by atoms with Crippen LogP contribution in [0.1, 0.15) is 19.7 Å². The molecule has 2 aromatic carbocycles. The van der Waals surface area contributed by atoms with Crippen LogP contribution in [0.3, 0.4) is 0 Å². The van der Waals surface area contributed by atoms with Crippen LogP contribution in [0.4, 0.5) is 10.1 Å². The number of aromatic nitrogens is 2. The number of carbonyl (C=O) groups is 2. The van der Waals surface area contributed by atoms with E-state index in [2.05, 4.69) is 15.6 Å². The molecule has 146 valence electrons. The summed E-state index contributed by atoms with van der Waals surface area (Å²) in [5.41, 5.74) is 2.17. The van der Waals surface area contributed by atoms with Crippen LogP contribution in [0.5, 0.6) is 0 Å². The number of hydrogen-bond acceptors (Lipinski definition) is 3. The van der Waals surface area contributed by atoms with Crippen LogP contribution in [0, 0.1) is 11.7 Å². The molecule has 0 saturated heterocycles. The zero-order chi connectivity index (χ0) is 20.1. The molecule has 0 radical (unpaired) electrons. The predicted octanol–water partition coefficient (Wildman–Crippen LogP) is 3.13. The molecule has 6 nitrogen and oxygen atoms in total. The lowest BCUT2D eigenvalue weighted by atomic mass is 10.2. The summed E-state index contributed by atoms with van der Waals surface area (Å²) in [6.07, 6.45) is 0.511. The number of nitrogens with one attached hydrogen (secondary N) is 2. The second-order valence-corrected chi connectivity index (χ2v) is 6.85. The van der Waals surface area contributed by atoms with E-state index in [1.54, 1.807) is 0 Å². The standard InChI is InChI=1S/C21H23FN4O2/c1-14(2)21(28)23-12-11-19-25-17-5-3-4-6-18(17)26(19)13-20(27)24-16-9-7-15(22)8-10-16/h3-10,14H,11-13H2,1-2H3,(H,23,28)(H,24,27). The van der Waals surface area contributed by atoms with Gasteiger partial charge in [-0.2, -0.15) is 0 Å². The summed E-state index contributed by atoms with van der Waals surface area (Å²) in [4.78, 5) is 28.9. The quantitative estimate of drug-likeness (QED) is 0.659. The maximum absolute atomic E-state index is 13.0. The van der Waals surface area contributed by atoms with Gasteiger partial charge in [0, 0.05) is 24.6 Å². The highest BCUT2D eigenvalue weighted by Gasteiger charge is 2.14. The van der Waals surface area contributed by atoms with Gasteiger partial charge >= 0.3 is 0 Å². The molecule has 0 fully saturated rings. The van der Waals surface area contributed by atoms with Crippen molar-refractivity contribution in [3.05, 3.63) is 60.2 Å². The van der Waals surface area contributed by atoms with Crippen molar-refractivity contribution in [2.75, 3.05) is 11.9 Å². The molecule has 1 aromatic heterocycles. The van der Waals surface area contributed by atoms with Crippen molar-refractivity contribution in [2.24, 2.45) is 5.92 Å². The highest BCUT2D eigenvalue weighted by molar-refractivity contribution is 5.91. The van der Waals surface area contributed by atoms with E-state index in [0.717, 1.165) is 16.9 Å². The Morgan fingerprint density at radius 1 is 1.11 bits per heavy atom. The largest absolute Gasteiger partial charge is 0.355 e. The van der Waals surface area contributed by atoms with Crippen molar-refractivity contribution in [3.8, 4) is 0 Å². The molecule has 0 aliphatic heterocycles. The van der Waals surface area contributed by atoms with Gasteiger partial charge in [-0.3, -0.25) is 9.59 Å². The van der Waals surface area contributed by atoms with Crippen molar-refractivity contribution < 1.29 is 14.0 Å². The van der Waals surface area contributed by atoms with Crippen molar-refractivity contribution in [2.45, 2.75) is 26.8 Å². The molecule has 3 aromatic rings. The highest BCUT2D eigenvalue weighted by atomic mass is 19.1. The molecule has 0 bridgehead atoms. The zero-order valence-corrected chi connectivity index (χ0v) is 15.9. The van der Waals surface area contributed by atoms with Gasteiger partial charge in [0.15, 0.2) is 0 Å². The van der Waals surface area contributed by atoms with Crippen LogP contribution in [0.25, 0.3) is 11.0 Å². The Kier molecular flexibility index (Phi) is 6.03. The fraction of sp³-hybridized carbons (Fsp3) is 0.286. The Morgan fingerprint density at radius 2 is 1.82 bits per heavy atom. The second-order valence-electron chi connectivity index (χ2n) is 6.85. The topological polar surface area (TPSA) is 76.0 Å². The number of fused-ring (bicyclic) bond motifs is 1. The van der Waals surface area contributed by atoms with Crippen molar-refractivity contribution in [1.29, 1.82) is 0 Å². The van der Waals surface area contributed by atoms with Crippen molar-refractivity contribution >= 4 is 28.5 Å². The molecule has 3 rings (SSSR count). The van der Waals surface area contributed by atoms with Crippen LogP contribution >= 0.6 is 0 Å². The van der Waals surface area contributed by atoms with Gasteiger partial charge in [0.25, 0.3) is 0 Å². The minimum absolute atomic E-state index is 0.0169. The van der Waals surface area contributed by atoms with E-state index in [9.17, 15) is 14.0 Å². The SMILES string of the molecule is CC(C)C(=O)NCCc1nc2ccccc2n1CC(=O)Nc1ccc(F)cc1. The number of carbonyl (C=O) groups excluding carboxylic acids is 2. The molecule has 0 unspecified atom stereocenters. The molecule has 2 N–H and O–H groups in total. The van der Waals surface area contributed by atoms with E-state index in [1.165, 1.54) is 24.3 Å². The molecule has 0 aliphatic rings. The number of para-hydroxylation sites is 2. The monoisotopic (exact) mass is 382 g/mol. The van der Waals surface area contributed by atoms with Gasteiger partial charge in [0.05, 0.1) is 11.0 Å². The predicted molar refractivity (Wildman–Crippen MR) is 106 cm³/mol. The number of amides is 2. The minimum atomic E-state index is -0.357. The highest BCUT2D eigenvalue weighted by Crippen LogP contribution is 2.17. The average Bonchev–Trinajstić information content (AvgIpc) is 3.01. The smallest absolute Gasteiger partial charge is 0.244 e. The van der Waals surface area contributed by atoms with Crippen molar-refractivity contribution in [1.82, 2.24) is 14.9 Å². The summed E-state index contributed by atoms with van der Waals surface area (Å²) in [6, 6.07) is 13.2. The molecule has 2 amide bonds. The summed E-state index contributed by atoms with van der Waals surface area (Å²) in [6.45, 7) is 4.19. The van der Waals surface area contributed by atoms with E-state index >= 15 is 0 Å². The summed E-state index contributed by atoms with van der Waals surface area (Å²) in [5, 5.41) is 5.64. The summed E-state index contributed by atoms with van der Waals surface area (Å²) in [5.74, 6) is 0.0306. The van der Waals surface area contributed by atoms with E-state index in [4.69, 9.17) is 0 Å². The molecule has 0 spiro atoms. The molecular formula is C21H23FN4O2. The number of halogens is 1. The van der Waals surface area contributed by atoms with Crippen molar-refractivity contribution in [3.63, 3.8) is 0 Å². The first-order valence-electron chi connectivity index (χ1n) is 9.21. The number of nitrogens with zero attached hydrogens (tertiary/aromatic N) is 2. The van der Waals surface area contributed by atoms with Crippen LogP contribution in [0.2, 0.25) is 0 Å². The third-order valence-electron chi connectivity index (χ3n) is 4.34. The number of hydrogen-bond donors (Lipinski definition) is 2. The number of rotatable bonds is 7. The molecular weight excluding hydrogens is 359 g/mol. The van der Waals surface area contributed by atoms with Gasteiger partial charge in [-0.1, -0.05) is 26.0 Å². The maximum atomic E-state index is 13.0. The van der Waals surface area contributed by atoms with Crippen LogP contribution < -0.4 is 10.6 Å². The number of benzene rings is 2. The molecule has 0 atom stereocenters. The third-order valence-corrected chi connectivity index (χ3v) is 4.34. The Labute approximate surface area is 162 Å². The average molecular weight is 382 g/mol. The lowest BCUT2D eigenvalue weighted by Crippen LogP contribution is -2.30. The summed E-state index contributed by atoms with van der Waals surface area (Å²) in [7, 11) is 0. The minimum Gasteiger partial charge on any atom is -0.355 e. The maximum Gasteiger partial charge on any atom is 0.244 e. The lowest BCUT2D eigenvalue weighted by Gasteiger charge is -2.11. The van der Waals surface area contributed by atoms with Gasteiger partial charge in [0.1, 0.15) is 18.2 Å². The zero-order valence-electron chi connectivity index (χ0n) is 15.9. The van der Waals surface area contributed by atoms with E-state index in [0.29, 0.717) is 18.7 Å². The van der Waals surface area contributed by atoms with E-state index < -0.39 is 0 Å². The Morgan fingerprint density at radius 3 is 2.54 bits per heavy atom. The van der Waals surface area contributed by atoms with Gasteiger partial charge < -0.3 is 15.2 Å². The fourth-order valence-electron chi connectivity index (χ4n) is 2.87. The van der Waals surface area contributed by atoms with Crippen LogP contribution in [-0.4, -0.2) is 27.9 Å². The Hall–Kier alpha value is -3.22. The number of imidazole rings is 1. The normalized spacial score (nSPS) is 11.0. The first-order chi connectivity index (χ1) is 13.4. The van der Waals surface area contributed by atoms with E-state index in [-0.39, 0.29) is 30.1 Å². The molecule has 1 heterocycles. The van der Waals surface area contributed by atoms with Gasteiger partial charge in [-0.25, -0.2) is 9.37 Å². The van der Waals surface area contributed by atoms with Gasteiger partial charge in [-0.15, -0.1) is 0 Å². The first kappa shape index (κ1) is 19.5. The second kappa shape index (κ2) is 8.65. The number of anilines is 1. The molecule has 0 saturated carbocycles. The van der Waals surface area contributed by atoms with E-state index in [1.807, 2.05) is 42.7 Å². The fourth-order valence-corrected chi connectivity index (χ4v) is 2.87.